The predicted octanol–water partition coefficient (Wildman–Crippen LogP) is 2.13. The first-order chi connectivity index (χ1) is 10.6. The van der Waals surface area contributed by atoms with Gasteiger partial charge in [0.05, 0.1) is 0 Å². The van der Waals surface area contributed by atoms with Gasteiger partial charge in [0.2, 0.25) is 0 Å². The Bertz CT molecular complexity index is 731. The number of aryl methyl sites for hydroxylation is 2. The molecule has 3 N–H and O–H groups in total. The number of carbonyl (C=O) groups excluding carboxylic acids is 1. The van der Waals surface area contributed by atoms with E-state index in [2.05, 4.69) is 15.8 Å². The molecule has 0 aliphatic carbocycles. The molecule has 0 spiro atoms. The van der Waals surface area contributed by atoms with E-state index in [1.165, 1.54) is 0 Å². The lowest BCUT2D eigenvalue weighted by Gasteiger charge is -2.24. The fraction of sp³-hybridized carbons (Fsp3) is 0.176. The highest BCUT2D eigenvalue weighted by Gasteiger charge is 2.26. The molecule has 22 heavy (non-hydrogen) atoms. The summed E-state index contributed by atoms with van der Waals surface area (Å²) in [7, 11) is 0. The van der Waals surface area contributed by atoms with E-state index in [-0.39, 0.29) is 11.7 Å². The summed E-state index contributed by atoms with van der Waals surface area (Å²) in [5, 5.41) is 16.9. The first-order valence-corrected chi connectivity index (χ1v) is 7.06. The Morgan fingerprint density at radius 3 is 2.32 bits per heavy atom. The average Bonchev–Trinajstić information content (AvgIpc) is 2.53. The van der Waals surface area contributed by atoms with Gasteiger partial charge in [-0.05, 0) is 42.7 Å². The van der Waals surface area contributed by atoms with Gasteiger partial charge in [0, 0.05) is 5.56 Å². The van der Waals surface area contributed by atoms with Gasteiger partial charge in [0.25, 0.3) is 5.91 Å². The number of hydrogen-bond acceptors (Lipinski definition) is 4. The second-order valence-corrected chi connectivity index (χ2v) is 5.38. The van der Waals surface area contributed by atoms with Crippen molar-refractivity contribution < 1.29 is 9.90 Å². The van der Waals surface area contributed by atoms with Crippen molar-refractivity contribution in [3.8, 4) is 5.75 Å². The molecule has 1 heterocycles. The third kappa shape index (κ3) is 2.53. The minimum atomic E-state index is -0.564. The highest BCUT2D eigenvalue weighted by atomic mass is 16.3. The normalized spacial score (nSPS) is 17.5. The lowest BCUT2D eigenvalue weighted by atomic mass is 9.99. The Balaban J connectivity index is 1.90. The summed E-state index contributed by atoms with van der Waals surface area (Å²) in [5.41, 5.74) is 6.00. The SMILES string of the molecule is Cc1cc(C2NN=C(c3ccccc3)NC2=O)cc(C)c1O. The molecule has 0 fully saturated rings. The first kappa shape index (κ1) is 14.1. The summed E-state index contributed by atoms with van der Waals surface area (Å²) in [5.74, 6) is 0.598. The summed E-state index contributed by atoms with van der Waals surface area (Å²) in [6.45, 7) is 3.62. The summed E-state index contributed by atoms with van der Waals surface area (Å²) in [6.07, 6.45) is 0. The van der Waals surface area contributed by atoms with E-state index >= 15 is 0 Å². The van der Waals surface area contributed by atoms with E-state index in [9.17, 15) is 9.90 Å². The number of nitrogens with zero attached hydrogens (tertiary/aromatic N) is 1. The quantitative estimate of drug-likeness (QED) is 0.794. The number of hydrazone groups is 1. The van der Waals surface area contributed by atoms with Gasteiger partial charge in [-0.25, -0.2) is 0 Å². The van der Waals surface area contributed by atoms with Gasteiger partial charge in [0.15, 0.2) is 5.84 Å². The number of benzene rings is 2. The van der Waals surface area contributed by atoms with Crippen LogP contribution in [0.4, 0.5) is 0 Å². The number of rotatable bonds is 2. The summed E-state index contributed by atoms with van der Waals surface area (Å²) in [6, 6.07) is 12.5. The van der Waals surface area contributed by atoms with Crippen LogP contribution in [0.2, 0.25) is 0 Å². The van der Waals surface area contributed by atoms with Gasteiger partial charge in [-0.15, -0.1) is 0 Å². The van der Waals surface area contributed by atoms with Crippen LogP contribution in [0.3, 0.4) is 0 Å². The number of carbonyl (C=O) groups is 1. The van der Waals surface area contributed by atoms with Crippen molar-refractivity contribution >= 4 is 11.7 Å². The molecule has 1 aliphatic rings. The zero-order chi connectivity index (χ0) is 15.7. The first-order valence-electron chi connectivity index (χ1n) is 7.06. The minimum Gasteiger partial charge on any atom is -0.507 e. The fourth-order valence-electron chi connectivity index (χ4n) is 2.52. The van der Waals surface area contributed by atoms with E-state index in [0.29, 0.717) is 5.84 Å². The van der Waals surface area contributed by atoms with Crippen LogP contribution in [0.15, 0.2) is 47.6 Å². The number of aromatic hydroxyl groups is 1. The van der Waals surface area contributed by atoms with Gasteiger partial charge >= 0.3 is 0 Å². The highest BCUT2D eigenvalue weighted by Crippen LogP contribution is 2.27. The van der Waals surface area contributed by atoms with E-state index in [1.54, 1.807) is 12.1 Å². The van der Waals surface area contributed by atoms with Crippen LogP contribution in [-0.2, 0) is 4.79 Å². The van der Waals surface area contributed by atoms with Crippen molar-refractivity contribution in [1.82, 2.24) is 10.7 Å². The number of amides is 1. The number of phenolic OH excluding ortho intramolecular Hbond substituents is 1. The molecule has 5 nitrogen and oxygen atoms in total. The van der Waals surface area contributed by atoms with Crippen molar-refractivity contribution in [3.63, 3.8) is 0 Å². The average molecular weight is 295 g/mol. The van der Waals surface area contributed by atoms with Crippen LogP contribution < -0.4 is 10.7 Å². The number of amidine groups is 1. The molecule has 5 heteroatoms. The number of hydrogen-bond donors (Lipinski definition) is 3. The molecule has 0 bridgehead atoms. The summed E-state index contributed by atoms with van der Waals surface area (Å²) in [4.78, 5) is 12.4. The standard InChI is InChI=1S/C17H17N3O2/c1-10-8-13(9-11(2)15(10)21)14-17(22)18-16(20-19-14)12-6-4-3-5-7-12/h3-9,14,19,21H,1-2H3,(H,18,20,22). The van der Waals surface area contributed by atoms with E-state index in [1.807, 2.05) is 44.2 Å². The third-order valence-electron chi connectivity index (χ3n) is 3.70. The van der Waals surface area contributed by atoms with Gasteiger partial charge < -0.3 is 10.4 Å². The Morgan fingerprint density at radius 1 is 1.09 bits per heavy atom. The molecule has 2 aromatic rings. The third-order valence-corrected chi connectivity index (χ3v) is 3.70. The topological polar surface area (TPSA) is 73.7 Å². The van der Waals surface area contributed by atoms with Crippen molar-refractivity contribution in [1.29, 1.82) is 0 Å². The maximum Gasteiger partial charge on any atom is 0.254 e. The molecule has 1 atom stereocenters. The van der Waals surface area contributed by atoms with E-state index in [0.717, 1.165) is 22.3 Å². The van der Waals surface area contributed by atoms with Crippen molar-refractivity contribution in [2.24, 2.45) is 5.10 Å². The summed E-state index contributed by atoms with van der Waals surface area (Å²) >= 11 is 0. The predicted molar refractivity (Wildman–Crippen MR) is 84.6 cm³/mol. The van der Waals surface area contributed by atoms with Crippen LogP contribution in [0.5, 0.6) is 5.75 Å². The Labute approximate surface area is 128 Å². The van der Waals surface area contributed by atoms with Crippen LogP contribution in [-0.4, -0.2) is 16.8 Å². The van der Waals surface area contributed by atoms with Crippen LogP contribution in [0, 0.1) is 13.8 Å². The number of nitrogens with one attached hydrogen (secondary N) is 2. The molecule has 1 aliphatic heterocycles. The molecular formula is C17H17N3O2. The molecule has 0 saturated carbocycles. The second kappa shape index (κ2) is 5.52. The van der Waals surface area contributed by atoms with E-state index in [4.69, 9.17) is 0 Å². The lowest BCUT2D eigenvalue weighted by Crippen LogP contribution is -2.45. The second-order valence-electron chi connectivity index (χ2n) is 5.38. The minimum absolute atomic E-state index is 0.168. The smallest absolute Gasteiger partial charge is 0.254 e. The fourth-order valence-corrected chi connectivity index (χ4v) is 2.52. The van der Waals surface area contributed by atoms with Crippen molar-refractivity contribution in [2.75, 3.05) is 0 Å². The molecule has 112 valence electrons. The zero-order valence-corrected chi connectivity index (χ0v) is 12.4. The Kier molecular flexibility index (Phi) is 3.55. The Morgan fingerprint density at radius 2 is 1.73 bits per heavy atom. The van der Waals surface area contributed by atoms with Crippen molar-refractivity contribution in [2.45, 2.75) is 19.9 Å². The molecule has 1 unspecified atom stereocenters. The summed E-state index contributed by atoms with van der Waals surface area (Å²) < 4.78 is 0. The molecule has 3 rings (SSSR count). The molecule has 0 radical (unpaired) electrons. The lowest BCUT2D eigenvalue weighted by molar-refractivity contribution is -0.122. The van der Waals surface area contributed by atoms with Crippen molar-refractivity contribution in [3.05, 3.63) is 64.7 Å². The largest absolute Gasteiger partial charge is 0.507 e. The van der Waals surface area contributed by atoms with Gasteiger partial charge in [0.1, 0.15) is 11.8 Å². The van der Waals surface area contributed by atoms with Gasteiger partial charge in [-0.2, -0.15) is 5.10 Å². The van der Waals surface area contributed by atoms with E-state index < -0.39 is 6.04 Å². The van der Waals surface area contributed by atoms with Crippen LogP contribution >= 0.6 is 0 Å². The van der Waals surface area contributed by atoms with Gasteiger partial charge in [-0.1, -0.05) is 30.3 Å². The maximum atomic E-state index is 12.4. The number of phenols is 1. The molecule has 0 saturated heterocycles. The molecule has 2 aromatic carbocycles. The Hall–Kier alpha value is -2.82. The van der Waals surface area contributed by atoms with Gasteiger partial charge in [-0.3, -0.25) is 10.2 Å². The van der Waals surface area contributed by atoms with Crippen LogP contribution in [0.1, 0.15) is 28.3 Å². The zero-order valence-electron chi connectivity index (χ0n) is 12.4. The molecular weight excluding hydrogens is 278 g/mol. The van der Waals surface area contributed by atoms with Crippen LogP contribution in [0.25, 0.3) is 0 Å². The molecule has 0 aromatic heterocycles. The monoisotopic (exact) mass is 295 g/mol. The molecule has 1 amide bonds. The maximum absolute atomic E-state index is 12.4. The highest BCUT2D eigenvalue weighted by molar-refractivity contribution is 6.10.